The summed E-state index contributed by atoms with van der Waals surface area (Å²) in [7, 11) is 1.55. The fraction of sp³-hybridized carbons (Fsp3) is 0.667. The van der Waals surface area contributed by atoms with Crippen molar-refractivity contribution in [2.24, 2.45) is 5.92 Å². The predicted molar refractivity (Wildman–Crippen MR) is 80.8 cm³/mol. The van der Waals surface area contributed by atoms with Crippen LogP contribution in [0.15, 0.2) is 10.6 Å². The van der Waals surface area contributed by atoms with Crippen molar-refractivity contribution in [2.45, 2.75) is 44.9 Å². The van der Waals surface area contributed by atoms with Gasteiger partial charge >= 0.3 is 12.0 Å². The molecule has 122 valence electrons. The van der Waals surface area contributed by atoms with Crippen molar-refractivity contribution in [2.75, 3.05) is 18.9 Å². The summed E-state index contributed by atoms with van der Waals surface area (Å²) in [5.41, 5.74) is -0.000297. The van der Waals surface area contributed by atoms with Gasteiger partial charge in [0.2, 0.25) is 0 Å². The maximum atomic E-state index is 12.0. The number of carbonyl (C=O) groups excluding carboxylic acids is 1. The molecule has 7 heteroatoms. The van der Waals surface area contributed by atoms with E-state index in [0.717, 1.165) is 18.6 Å². The van der Waals surface area contributed by atoms with Crippen LogP contribution in [0, 0.1) is 5.92 Å². The van der Waals surface area contributed by atoms with Crippen molar-refractivity contribution >= 4 is 17.8 Å². The Hall–Kier alpha value is -2.05. The molecule has 1 aromatic rings. The largest absolute Gasteiger partial charge is 0.481 e. The molecular formula is C15H23N3O4. The lowest BCUT2D eigenvalue weighted by Gasteiger charge is -2.19. The lowest BCUT2D eigenvalue weighted by molar-refractivity contribution is -0.141. The topological polar surface area (TPSA) is 95.7 Å². The fourth-order valence-electron chi connectivity index (χ4n) is 2.80. The molecule has 0 radical (unpaired) electrons. The Morgan fingerprint density at radius 1 is 1.50 bits per heavy atom. The van der Waals surface area contributed by atoms with Crippen LogP contribution in [0.4, 0.5) is 10.6 Å². The van der Waals surface area contributed by atoms with E-state index in [1.807, 2.05) is 0 Å². The van der Waals surface area contributed by atoms with Gasteiger partial charge in [0.1, 0.15) is 5.76 Å². The molecule has 2 rings (SSSR count). The first-order valence-corrected chi connectivity index (χ1v) is 7.54. The number of hydrogen-bond donors (Lipinski definition) is 2. The Bertz CT molecular complexity index is 549. The maximum absolute atomic E-state index is 12.0. The molecule has 1 heterocycles. The maximum Gasteiger partial charge on any atom is 0.322 e. The van der Waals surface area contributed by atoms with E-state index in [9.17, 15) is 9.59 Å². The smallest absolute Gasteiger partial charge is 0.322 e. The predicted octanol–water partition coefficient (Wildman–Crippen LogP) is 2.69. The van der Waals surface area contributed by atoms with E-state index in [1.54, 1.807) is 20.0 Å². The van der Waals surface area contributed by atoms with E-state index < -0.39 is 17.9 Å². The molecule has 2 amide bonds. The summed E-state index contributed by atoms with van der Waals surface area (Å²) >= 11 is 0. The van der Waals surface area contributed by atoms with Gasteiger partial charge in [0.05, 0.1) is 5.92 Å². The summed E-state index contributed by atoms with van der Waals surface area (Å²) in [6.45, 7) is 3.83. The molecule has 0 bridgehead atoms. The fourth-order valence-corrected chi connectivity index (χ4v) is 2.80. The molecule has 1 aliphatic carbocycles. The van der Waals surface area contributed by atoms with Gasteiger partial charge in [0.25, 0.3) is 0 Å². The summed E-state index contributed by atoms with van der Waals surface area (Å²) in [6, 6.07) is 1.36. The highest BCUT2D eigenvalue weighted by Gasteiger charge is 2.34. The van der Waals surface area contributed by atoms with E-state index in [4.69, 9.17) is 9.63 Å². The number of amides is 2. The number of anilines is 1. The Morgan fingerprint density at radius 2 is 2.14 bits per heavy atom. The number of rotatable bonds is 5. The zero-order valence-corrected chi connectivity index (χ0v) is 13.3. The molecule has 1 aliphatic rings. The molecule has 0 aliphatic heterocycles. The van der Waals surface area contributed by atoms with Crippen LogP contribution in [-0.4, -0.2) is 40.8 Å². The number of carboxylic acid groups (broad SMARTS) is 1. The average molecular weight is 309 g/mol. The monoisotopic (exact) mass is 309 g/mol. The summed E-state index contributed by atoms with van der Waals surface area (Å²) in [6.07, 6.45) is 4.47. The highest BCUT2D eigenvalue weighted by atomic mass is 16.5. The van der Waals surface area contributed by atoms with E-state index in [-0.39, 0.29) is 12.0 Å². The highest BCUT2D eigenvalue weighted by Crippen LogP contribution is 2.41. The molecule has 1 saturated carbocycles. The zero-order chi connectivity index (χ0) is 16.3. The van der Waals surface area contributed by atoms with Crippen LogP contribution in [0.25, 0.3) is 0 Å². The quantitative estimate of drug-likeness (QED) is 0.871. The molecule has 2 N–H and O–H groups in total. The van der Waals surface area contributed by atoms with Gasteiger partial charge in [-0.2, -0.15) is 0 Å². The molecule has 0 spiro atoms. The second-order valence-corrected chi connectivity index (χ2v) is 6.39. The number of carboxylic acids is 1. The summed E-state index contributed by atoms with van der Waals surface area (Å²) in [5, 5.41) is 15.4. The number of carbonyl (C=O) groups is 2. The normalized spacial score (nSPS) is 18.0. The molecule has 22 heavy (non-hydrogen) atoms. The van der Waals surface area contributed by atoms with E-state index in [1.165, 1.54) is 17.7 Å². The highest BCUT2D eigenvalue weighted by molar-refractivity contribution is 5.88. The second-order valence-electron chi connectivity index (χ2n) is 6.39. The Labute approximate surface area is 129 Å². The second kappa shape index (κ2) is 6.37. The van der Waals surface area contributed by atoms with Crippen molar-refractivity contribution in [1.82, 2.24) is 10.1 Å². The standard InChI is InChI=1S/C15H23N3O4/c1-10(13(19)20)9-18(3)14(21)16-12-8-11(22-17-12)15(2)6-4-5-7-15/h8,10H,4-7,9H2,1-3H3,(H,19,20)(H,16,17,21). The molecule has 1 unspecified atom stereocenters. The third kappa shape index (κ3) is 3.58. The number of aliphatic carboxylic acids is 1. The van der Waals surface area contributed by atoms with Gasteiger partial charge in [-0.05, 0) is 12.8 Å². The summed E-state index contributed by atoms with van der Waals surface area (Å²) < 4.78 is 5.37. The molecule has 1 aromatic heterocycles. The van der Waals surface area contributed by atoms with Crippen LogP contribution in [-0.2, 0) is 10.2 Å². The van der Waals surface area contributed by atoms with Gasteiger partial charge in [-0.25, -0.2) is 4.79 Å². The SMILES string of the molecule is CC(CN(C)C(=O)Nc1cc(C2(C)CCCC2)on1)C(=O)O. The van der Waals surface area contributed by atoms with Crippen LogP contribution in [0.1, 0.15) is 45.3 Å². The zero-order valence-electron chi connectivity index (χ0n) is 13.3. The third-order valence-corrected chi connectivity index (χ3v) is 4.36. The van der Waals surface area contributed by atoms with Gasteiger partial charge in [0, 0.05) is 25.1 Å². The lowest BCUT2D eigenvalue weighted by Crippen LogP contribution is -2.36. The molecule has 0 saturated heterocycles. The molecular weight excluding hydrogens is 286 g/mol. The van der Waals surface area contributed by atoms with Crippen molar-refractivity contribution in [1.29, 1.82) is 0 Å². The molecule has 1 atom stereocenters. The number of nitrogens with one attached hydrogen (secondary N) is 1. The van der Waals surface area contributed by atoms with Gasteiger partial charge in [-0.15, -0.1) is 0 Å². The molecule has 0 aromatic carbocycles. The Morgan fingerprint density at radius 3 is 2.73 bits per heavy atom. The van der Waals surface area contributed by atoms with E-state index in [0.29, 0.717) is 5.82 Å². The minimum Gasteiger partial charge on any atom is -0.481 e. The van der Waals surface area contributed by atoms with Crippen molar-refractivity contribution in [3.05, 3.63) is 11.8 Å². The first-order valence-electron chi connectivity index (χ1n) is 7.54. The van der Waals surface area contributed by atoms with Crippen molar-refractivity contribution in [3.63, 3.8) is 0 Å². The van der Waals surface area contributed by atoms with Crippen molar-refractivity contribution in [3.8, 4) is 0 Å². The Balaban J connectivity index is 1.95. The van der Waals surface area contributed by atoms with Crippen LogP contribution in [0.2, 0.25) is 0 Å². The number of urea groups is 1. The van der Waals surface area contributed by atoms with E-state index in [2.05, 4.69) is 17.4 Å². The third-order valence-electron chi connectivity index (χ3n) is 4.36. The van der Waals surface area contributed by atoms with Crippen LogP contribution < -0.4 is 5.32 Å². The van der Waals surface area contributed by atoms with Crippen LogP contribution in [0.3, 0.4) is 0 Å². The average Bonchev–Trinajstić information content (AvgIpc) is 3.08. The minimum atomic E-state index is -0.933. The van der Waals surface area contributed by atoms with Gasteiger partial charge < -0.3 is 14.5 Å². The van der Waals surface area contributed by atoms with Gasteiger partial charge in [-0.1, -0.05) is 31.8 Å². The number of nitrogens with zero attached hydrogens (tertiary/aromatic N) is 2. The minimum absolute atomic E-state index is 0.000297. The first kappa shape index (κ1) is 16.3. The number of aromatic nitrogens is 1. The lowest BCUT2D eigenvalue weighted by atomic mass is 9.86. The summed E-state index contributed by atoms with van der Waals surface area (Å²) in [5.74, 6) is -0.400. The van der Waals surface area contributed by atoms with Gasteiger partial charge in [0.15, 0.2) is 5.82 Å². The van der Waals surface area contributed by atoms with Crippen LogP contribution >= 0.6 is 0 Å². The van der Waals surface area contributed by atoms with E-state index >= 15 is 0 Å². The Kier molecular flexibility index (Phi) is 4.73. The first-order chi connectivity index (χ1) is 10.3. The van der Waals surface area contributed by atoms with Gasteiger partial charge in [-0.3, -0.25) is 10.1 Å². The number of hydrogen-bond acceptors (Lipinski definition) is 4. The van der Waals surface area contributed by atoms with Crippen LogP contribution in [0.5, 0.6) is 0 Å². The summed E-state index contributed by atoms with van der Waals surface area (Å²) in [4.78, 5) is 24.2. The molecule has 7 nitrogen and oxygen atoms in total. The van der Waals surface area contributed by atoms with Crippen molar-refractivity contribution < 1.29 is 19.2 Å². The molecule has 1 fully saturated rings.